The summed E-state index contributed by atoms with van der Waals surface area (Å²) in [4.78, 5) is 41.7. The van der Waals surface area contributed by atoms with Crippen molar-refractivity contribution in [1.29, 1.82) is 0 Å². The lowest BCUT2D eigenvalue weighted by Gasteiger charge is -2.25. The smallest absolute Gasteiger partial charge is 0.305 e. The minimum absolute atomic E-state index is 0.0146. The van der Waals surface area contributed by atoms with E-state index in [4.69, 9.17) is 0 Å². The molecule has 8 nitrogen and oxygen atoms in total. The number of carbonyl (C=O) groups is 3. The molecule has 0 fully saturated rings. The van der Waals surface area contributed by atoms with Crippen LogP contribution in [0.1, 0.15) is 51.6 Å². The average molecular weight is 517 g/mol. The number of hydrogen-bond donors (Lipinski definition) is 4. The Bertz CT molecular complexity index is 1180. The number of nitrogens with one attached hydrogen (secondary N) is 3. The maximum Gasteiger partial charge on any atom is 0.305 e. The van der Waals surface area contributed by atoms with Crippen molar-refractivity contribution in [3.63, 3.8) is 0 Å². The van der Waals surface area contributed by atoms with Crippen LogP contribution in [0.5, 0.6) is 0 Å². The highest BCUT2D eigenvalue weighted by Crippen LogP contribution is 2.24. The lowest BCUT2D eigenvalue weighted by atomic mass is 9.97. The molecule has 0 saturated heterocycles. The van der Waals surface area contributed by atoms with E-state index in [2.05, 4.69) is 20.9 Å². The first-order chi connectivity index (χ1) is 18.2. The van der Waals surface area contributed by atoms with Gasteiger partial charge in [-0.3, -0.25) is 14.4 Å². The second-order valence-electron chi connectivity index (χ2n) is 9.74. The number of nitrogens with zero attached hydrogens (tertiary/aromatic N) is 1. The largest absolute Gasteiger partial charge is 0.481 e. The molecular weight excluding hydrogens is 480 g/mol. The van der Waals surface area contributed by atoms with Crippen LogP contribution in [0, 0.1) is 5.92 Å². The van der Waals surface area contributed by atoms with E-state index in [-0.39, 0.29) is 30.7 Å². The van der Waals surface area contributed by atoms with Crippen molar-refractivity contribution in [3.05, 3.63) is 84.6 Å². The van der Waals surface area contributed by atoms with Crippen LogP contribution in [-0.2, 0) is 14.4 Å². The fraction of sp³-hybridized carbons (Fsp3) is 0.333. The third-order valence-electron chi connectivity index (χ3n) is 6.24. The minimum atomic E-state index is -1.03. The zero-order chi connectivity index (χ0) is 27.5. The van der Waals surface area contributed by atoms with Crippen molar-refractivity contribution in [2.24, 2.45) is 5.92 Å². The van der Waals surface area contributed by atoms with E-state index in [1.807, 2.05) is 93.6 Å². The molecule has 4 N–H and O–H groups in total. The average Bonchev–Trinajstić information content (AvgIpc) is 2.91. The Labute approximate surface area is 223 Å². The summed E-state index contributed by atoms with van der Waals surface area (Å²) >= 11 is 0. The molecular formula is C30H36N4O4. The summed E-state index contributed by atoms with van der Waals surface area (Å²) in [6.45, 7) is 5.65. The number of carboxylic acids is 1. The van der Waals surface area contributed by atoms with Gasteiger partial charge in [-0.2, -0.15) is 0 Å². The monoisotopic (exact) mass is 516 g/mol. The van der Waals surface area contributed by atoms with E-state index in [1.165, 1.54) is 0 Å². The standard InChI is InChI=1S/C30H36N4O4/c1-20(2)29(34-27(35)17-12-21(3)32-26-11-7-8-18-31-26)30(38)33-25(19-28(36)37)24-15-13-23(14-16-24)22-9-5-4-6-10-22/h4-11,13-16,18,20-21,25,29H,12,17,19H2,1-3H3,(H,31,32)(H,33,38)(H,34,35)(H,36,37)/t21?,25?,29-/m0/s1. The Hall–Kier alpha value is -4.20. The Kier molecular flexibility index (Phi) is 10.4. The Morgan fingerprint density at radius 2 is 1.50 bits per heavy atom. The van der Waals surface area contributed by atoms with Crippen LogP contribution in [0.15, 0.2) is 79.0 Å². The van der Waals surface area contributed by atoms with Crippen LogP contribution in [0.3, 0.4) is 0 Å². The van der Waals surface area contributed by atoms with Crippen LogP contribution in [0.2, 0.25) is 0 Å². The molecule has 2 unspecified atom stereocenters. The van der Waals surface area contributed by atoms with Crippen molar-refractivity contribution in [1.82, 2.24) is 15.6 Å². The number of amides is 2. The molecule has 3 aromatic rings. The highest BCUT2D eigenvalue weighted by Gasteiger charge is 2.27. The van der Waals surface area contributed by atoms with Crippen molar-refractivity contribution < 1.29 is 19.5 Å². The zero-order valence-electron chi connectivity index (χ0n) is 22.1. The van der Waals surface area contributed by atoms with Gasteiger partial charge in [0.25, 0.3) is 0 Å². The second kappa shape index (κ2) is 13.9. The normalized spacial score (nSPS) is 13.3. The number of rotatable bonds is 13. The number of anilines is 1. The van der Waals surface area contributed by atoms with E-state index in [0.717, 1.165) is 16.9 Å². The van der Waals surface area contributed by atoms with E-state index in [1.54, 1.807) is 6.20 Å². The lowest BCUT2D eigenvalue weighted by molar-refractivity contribution is -0.138. The molecule has 3 rings (SSSR count). The summed E-state index contributed by atoms with van der Waals surface area (Å²) in [6, 6.07) is 21.4. The van der Waals surface area contributed by atoms with E-state index in [9.17, 15) is 19.5 Å². The Morgan fingerprint density at radius 3 is 2.11 bits per heavy atom. The first-order valence-corrected chi connectivity index (χ1v) is 12.9. The molecule has 8 heteroatoms. The predicted molar refractivity (Wildman–Crippen MR) is 148 cm³/mol. The quantitative estimate of drug-likeness (QED) is 0.259. The summed E-state index contributed by atoms with van der Waals surface area (Å²) in [7, 11) is 0. The number of aromatic nitrogens is 1. The summed E-state index contributed by atoms with van der Waals surface area (Å²) in [5.41, 5.74) is 2.72. The first kappa shape index (κ1) is 28.4. The predicted octanol–water partition coefficient (Wildman–Crippen LogP) is 4.80. The van der Waals surface area contributed by atoms with E-state index in [0.29, 0.717) is 12.0 Å². The number of hydrogen-bond acceptors (Lipinski definition) is 5. The summed E-state index contributed by atoms with van der Waals surface area (Å²) < 4.78 is 0. The van der Waals surface area contributed by atoms with E-state index < -0.39 is 24.0 Å². The van der Waals surface area contributed by atoms with Crippen LogP contribution < -0.4 is 16.0 Å². The van der Waals surface area contributed by atoms with Crippen molar-refractivity contribution >= 4 is 23.6 Å². The number of benzene rings is 2. The van der Waals surface area contributed by atoms with Gasteiger partial charge in [-0.15, -0.1) is 0 Å². The van der Waals surface area contributed by atoms with Gasteiger partial charge in [0.15, 0.2) is 0 Å². The van der Waals surface area contributed by atoms with Gasteiger partial charge in [-0.25, -0.2) is 4.98 Å². The van der Waals surface area contributed by atoms with E-state index >= 15 is 0 Å². The van der Waals surface area contributed by atoms with Gasteiger partial charge in [0, 0.05) is 18.7 Å². The molecule has 200 valence electrons. The molecule has 0 aliphatic rings. The number of aliphatic carboxylic acids is 1. The van der Waals surface area contributed by atoms with Gasteiger partial charge in [0.05, 0.1) is 12.5 Å². The summed E-state index contributed by atoms with van der Waals surface area (Å²) in [5, 5.41) is 18.4. The molecule has 0 radical (unpaired) electrons. The molecule has 0 aliphatic heterocycles. The third-order valence-corrected chi connectivity index (χ3v) is 6.24. The lowest BCUT2D eigenvalue weighted by Crippen LogP contribution is -2.50. The summed E-state index contributed by atoms with van der Waals surface area (Å²) in [6.07, 6.45) is 2.22. The molecule has 0 bridgehead atoms. The van der Waals surface area contributed by atoms with Crippen molar-refractivity contribution in [2.75, 3.05) is 5.32 Å². The Morgan fingerprint density at radius 1 is 0.842 bits per heavy atom. The van der Waals surface area contributed by atoms with Crippen molar-refractivity contribution in [3.8, 4) is 11.1 Å². The maximum atomic E-state index is 13.2. The van der Waals surface area contributed by atoms with Gasteiger partial charge in [-0.1, -0.05) is 74.5 Å². The fourth-order valence-electron chi connectivity index (χ4n) is 4.13. The summed E-state index contributed by atoms with van der Waals surface area (Å²) in [5.74, 6) is -1.13. The molecule has 3 atom stereocenters. The molecule has 2 amide bonds. The van der Waals surface area contributed by atoms with Gasteiger partial charge < -0.3 is 21.1 Å². The van der Waals surface area contributed by atoms with Crippen molar-refractivity contribution in [2.45, 2.75) is 58.2 Å². The fourth-order valence-corrected chi connectivity index (χ4v) is 4.13. The van der Waals surface area contributed by atoms with Crippen LogP contribution in [0.25, 0.3) is 11.1 Å². The molecule has 0 aliphatic carbocycles. The number of carboxylic acid groups (broad SMARTS) is 1. The van der Waals surface area contributed by atoms with Crippen LogP contribution in [-0.4, -0.2) is 40.0 Å². The molecule has 1 aromatic heterocycles. The SMILES string of the molecule is CC(CCC(=O)N[C@H](C(=O)NC(CC(=O)O)c1ccc(-c2ccccc2)cc1)C(C)C)Nc1ccccn1. The Balaban J connectivity index is 1.61. The third kappa shape index (κ3) is 8.73. The maximum absolute atomic E-state index is 13.2. The molecule has 1 heterocycles. The van der Waals surface area contributed by atoms with Gasteiger partial charge in [0.2, 0.25) is 11.8 Å². The molecule has 38 heavy (non-hydrogen) atoms. The molecule has 0 saturated carbocycles. The van der Waals surface area contributed by atoms with Crippen LogP contribution >= 0.6 is 0 Å². The molecule has 0 spiro atoms. The van der Waals surface area contributed by atoms with Crippen LogP contribution in [0.4, 0.5) is 5.82 Å². The number of carbonyl (C=O) groups excluding carboxylic acids is 2. The first-order valence-electron chi connectivity index (χ1n) is 12.9. The second-order valence-corrected chi connectivity index (χ2v) is 9.74. The molecule has 2 aromatic carbocycles. The van der Waals surface area contributed by atoms with Gasteiger partial charge in [-0.05, 0) is 48.1 Å². The highest BCUT2D eigenvalue weighted by atomic mass is 16.4. The topological polar surface area (TPSA) is 120 Å². The van der Waals surface area contributed by atoms with Gasteiger partial charge >= 0.3 is 5.97 Å². The zero-order valence-corrected chi connectivity index (χ0v) is 22.1. The van der Waals surface area contributed by atoms with Gasteiger partial charge in [0.1, 0.15) is 11.9 Å². The minimum Gasteiger partial charge on any atom is -0.481 e. The number of pyridine rings is 1. The highest BCUT2D eigenvalue weighted by molar-refractivity contribution is 5.88.